The monoisotopic (exact) mass is 408 g/mol. The maximum absolute atomic E-state index is 12.8. The van der Waals surface area contributed by atoms with Gasteiger partial charge in [-0.05, 0) is 86.4 Å². The topological polar surface area (TPSA) is 75.3 Å². The van der Waals surface area contributed by atoms with Crippen LogP contribution in [0.2, 0.25) is 0 Å². The van der Waals surface area contributed by atoms with Crippen LogP contribution in [-0.4, -0.2) is 20.9 Å². The maximum Gasteiger partial charge on any atom is 0.241 e. The van der Waals surface area contributed by atoms with Crippen molar-refractivity contribution in [2.75, 3.05) is 6.54 Å². The Hall–Kier alpha value is -1.70. The number of aryl methyl sites for hydroxylation is 1. The molecule has 7 heteroatoms. The number of nitrogens with one attached hydrogen (secondary N) is 2. The number of amides is 1. The zero-order valence-corrected chi connectivity index (χ0v) is 18.5. The van der Waals surface area contributed by atoms with Gasteiger partial charge in [-0.3, -0.25) is 4.79 Å². The van der Waals surface area contributed by atoms with Gasteiger partial charge in [-0.15, -0.1) is 11.3 Å². The average Bonchev–Trinajstić information content (AvgIpc) is 3.01. The number of carbonyl (C=O) groups excluding carboxylic acids is 1. The minimum Gasteiger partial charge on any atom is -0.351 e. The summed E-state index contributed by atoms with van der Waals surface area (Å²) in [6.07, 6.45) is 0.103. The third kappa shape index (κ3) is 4.78. The molecule has 1 aromatic heterocycles. The molecular formula is C20H28N2O3S2. The van der Waals surface area contributed by atoms with Crippen molar-refractivity contribution in [1.29, 1.82) is 0 Å². The van der Waals surface area contributed by atoms with Crippen LogP contribution in [0.5, 0.6) is 0 Å². The van der Waals surface area contributed by atoms with Crippen molar-refractivity contribution in [3.05, 3.63) is 49.7 Å². The van der Waals surface area contributed by atoms with Gasteiger partial charge in [0.1, 0.15) is 0 Å². The van der Waals surface area contributed by atoms with Gasteiger partial charge in [0.05, 0.1) is 11.4 Å². The lowest BCUT2D eigenvalue weighted by Crippen LogP contribution is -2.31. The standard InChI is InChI=1S/C20H28N2O3S2/c1-12-8-10-26-18(12)11-21-19(23)7-9-22-27(24,25)20-16(5)14(3)13(2)15(4)17(20)6/h8,10,22H,7,9,11H2,1-6H3,(H,21,23). The molecule has 0 fully saturated rings. The molecule has 0 atom stereocenters. The van der Waals surface area contributed by atoms with Crippen molar-refractivity contribution in [2.45, 2.75) is 59.4 Å². The highest BCUT2D eigenvalue weighted by Gasteiger charge is 2.23. The van der Waals surface area contributed by atoms with Crippen LogP contribution in [0.15, 0.2) is 16.3 Å². The van der Waals surface area contributed by atoms with E-state index in [1.165, 1.54) is 0 Å². The van der Waals surface area contributed by atoms with Crippen LogP contribution in [0, 0.1) is 41.5 Å². The first-order valence-electron chi connectivity index (χ1n) is 8.92. The fraction of sp³-hybridized carbons (Fsp3) is 0.450. The fourth-order valence-electron chi connectivity index (χ4n) is 3.09. The molecule has 0 aliphatic rings. The van der Waals surface area contributed by atoms with Gasteiger partial charge in [0.2, 0.25) is 15.9 Å². The lowest BCUT2D eigenvalue weighted by Gasteiger charge is -2.19. The molecule has 148 valence electrons. The van der Waals surface area contributed by atoms with Crippen molar-refractivity contribution in [2.24, 2.45) is 0 Å². The summed E-state index contributed by atoms with van der Waals surface area (Å²) in [6, 6.07) is 2.01. The predicted molar refractivity (Wildman–Crippen MR) is 111 cm³/mol. The Kier molecular flexibility index (Phi) is 6.83. The molecule has 27 heavy (non-hydrogen) atoms. The van der Waals surface area contributed by atoms with E-state index in [-0.39, 0.29) is 18.9 Å². The number of rotatable bonds is 7. The number of hydrogen-bond acceptors (Lipinski definition) is 4. The van der Waals surface area contributed by atoms with Crippen molar-refractivity contribution < 1.29 is 13.2 Å². The van der Waals surface area contributed by atoms with Crippen LogP contribution < -0.4 is 10.0 Å². The SMILES string of the molecule is Cc1ccsc1CNC(=O)CCNS(=O)(=O)c1c(C)c(C)c(C)c(C)c1C. The molecule has 0 aliphatic carbocycles. The summed E-state index contributed by atoms with van der Waals surface area (Å²) in [7, 11) is -3.67. The van der Waals surface area contributed by atoms with Gasteiger partial charge >= 0.3 is 0 Å². The Labute approximate surface area is 166 Å². The van der Waals surface area contributed by atoms with Gasteiger partial charge in [-0.1, -0.05) is 0 Å². The minimum atomic E-state index is -3.67. The quantitative estimate of drug-likeness (QED) is 0.735. The fourth-order valence-corrected chi connectivity index (χ4v) is 5.57. The Bertz CT molecular complexity index is 931. The normalized spacial score (nSPS) is 11.6. The largest absolute Gasteiger partial charge is 0.351 e. The molecule has 1 amide bonds. The van der Waals surface area contributed by atoms with Gasteiger partial charge in [-0.25, -0.2) is 13.1 Å². The average molecular weight is 409 g/mol. The number of sulfonamides is 1. The van der Waals surface area contributed by atoms with Crippen LogP contribution >= 0.6 is 11.3 Å². The molecule has 0 radical (unpaired) electrons. The zero-order valence-electron chi connectivity index (χ0n) is 16.8. The second kappa shape index (κ2) is 8.54. The van der Waals surface area contributed by atoms with E-state index in [4.69, 9.17) is 0 Å². The number of carbonyl (C=O) groups is 1. The van der Waals surface area contributed by atoms with E-state index in [0.717, 1.165) is 38.3 Å². The number of benzene rings is 1. The first-order valence-corrected chi connectivity index (χ1v) is 11.3. The molecule has 1 heterocycles. The summed E-state index contributed by atoms with van der Waals surface area (Å²) >= 11 is 1.60. The number of thiophene rings is 1. The van der Waals surface area contributed by atoms with E-state index >= 15 is 0 Å². The van der Waals surface area contributed by atoms with E-state index in [0.29, 0.717) is 11.4 Å². The summed E-state index contributed by atoms with van der Waals surface area (Å²) in [5.41, 5.74) is 5.77. The molecule has 5 nitrogen and oxygen atoms in total. The van der Waals surface area contributed by atoms with E-state index in [1.807, 2.05) is 53.0 Å². The molecule has 1 aromatic carbocycles. The second-order valence-electron chi connectivity index (χ2n) is 6.91. The Balaban J connectivity index is 2.01. The Morgan fingerprint density at radius 3 is 2.04 bits per heavy atom. The van der Waals surface area contributed by atoms with Crippen LogP contribution in [0.3, 0.4) is 0 Å². The third-order valence-electron chi connectivity index (χ3n) is 5.26. The van der Waals surface area contributed by atoms with Gasteiger partial charge in [0.15, 0.2) is 0 Å². The van der Waals surface area contributed by atoms with Crippen molar-refractivity contribution in [3.8, 4) is 0 Å². The molecule has 2 N–H and O–H groups in total. The summed E-state index contributed by atoms with van der Waals surface area (Å²) in [5.74, 6) is -0.171. The highest BCUT2D eigenvalue weighted by atomic mass is 32.2. The van der Waals surface area contributed by atoms with Gasteiger partial charge in [0, 0.05) is 17.8 Å². The number of hydrogen-bond donors (Lipinski definition) is 2. The van der Waals surface area contributed by atoms with E-state index < -0.39 is 10.0 Å². The zero-order chi connectivity index (χ0) is 20.4. The summed E-state index contributed by atoms with van der Waals surface area (Å²) in [6.45, 7) is 12.1. The molecular weight excluding hydrogens is 380 g/mol. The highest BCUT2D eigenvalue weighted by molar-refractivity contribution is 7.89. The van der Waals surface area contributed by atoms with Crippen LogP contribution in [0.25, 0.3) is 0 Å². The summed E-state index contributed by atoms with van der Waals surface area (Å²) < 4.78 is 28.2. The lowest BCUT2D eigenvalue weighted by atomic mass is 9.95. The third-order valence-corrected chi connectivity index (χ3v) is 8.02. The van der Waals surface area contributed by atoms with E-state index in [1.54, 1.807) is 11.3 Å². The molecule has 0 spiro atoms. The van der Waals surface area contributed by atoms with Gasteiger partial charge < -0.3 is 5.32 Å². The van der Waals surface area contributed by atoms with E-state index in [2.05, 4.69) is 10.0 Å². The molecule has 0 unspecified atom stereocenters. The van der Waals surface area contributed by atoms with Crippen LogP contribution in [0.1, 0.15) is 44.7 Å². The lowest BCUT2D eigenvalue weighted by molar-refractivity contribution is -0.121. The predicted octanol–water partition coefficient (Wildman–Crippen LogP) is 3.58. The summed E-state index contributed by atoms with van der Waals surface area (Å²) in [4.78, 5) is 13.5. The van der Waals surface area contributed by atoms with Crippen molar-refractivity contribution in [3.63, 3.8) is 0 Å². The maximum atomic E-state index is 12.8. The molecule has 0 saturated heterocycles. The van der Waals surface area contributed by atoms with Gasteiger partial charge in [-0.2, -0.15) is 0 Å². The molecule has 2 aromatic rings. The summed E-state index contributed by atoms with van der Waals surface area (Å²) in [5, 5.41) is 4.82. The van der Waals surface area contributed by atoms with Gasteiger partial charge in [0.25, 0.3) is 0 Å². The van der Waals surface area contributed by atoms with Crippen molar-refractivity contribution in [1.82, 2.24) is 10.0 Å². The first kappa shape index (κ1) is 21.6. The highest BCUT2D eigenvalue weighted by Crippen LogP contribution is 2.29. The Morgan fingerprint density at radius 2 is 1.52 bits per heavy atom. The molecule has 0 saturated carbocycles. The Morgan fingerprint density at radius 1 is 0.963 bits per heavy atom. The molecule has 0 aliphatic heterocycles. The van der Waals surface area contributed by atoms with Crippen LogP contribution in [-0.2, 0) is 21.4 Å². The van der Waals surface area contributed by atoms with E-state index in [9.17, 15) is 13.2 Å². The molecule has 2 rings (SSSR count). The molecule has 0 bridgehead atoms. The van der Waals surface area contributed by atoms with Crippen molar-refractivity contribution >= 4 is 27.3 Å². The smallest absolute Gasteiger partial charge is 0.241 e. The first-order chi connectivity index (χ1) is 12.6. The second-order valence-corrected chi connectivity index (χ2v) is 9.61. The van der Waals surface area contributed by atoms with Crippen LogP contribution in [0.4, 0.5) is 0 Å². The minimum absolute atomic E-state index is 0.0719.